The first-order chi connectivity index (χ1) is 8.75. The van der Waals surface area contributed by atoms with E-state index < -0.39 is 0 Å². The number of hydrogen-bond donors (Lipinski definition) is 2. The molecule has 0 bridgehead atoms. The van der Waals surface area contributed by atoms with Gasteiger partial charge in [-0.05, 0) is 43.5 Å². The molecule has 4 heteroatoms. The predicted molar refractivity (Wildman–Crippen MR) is 75.3 cm³/mol. The summed E-state index contributed by atoms with van der Waals surface area (Å²) in [6.07, 6.45) is 6.57. The third-order valence-electron chi connectivity index (χ3n) is 3.82. The molecule has 1 saturated heterocycles. The largest absolute Gasteiger partial charge is 0.363 e. The van der Waals surface area contributed by atoms with Crippen molar-refractivity contribution in [2.75, 3.05) is 32.1 Å². The molecule has 0 spiro atoms. The molecular formula is C14H20N4. The molecule has 18 heavy (non-hydrogen) atoms. The summed E-state index contributed by atoms with van der Waals surface area (Å²) in [6.45, 7) is 2.26. The van der Waals surface area contributed by atoms with Crippen molar-refractivity contribution >= 4 is 16.7 Å². The van der Waals surface area contributed by atoms with E-state index in [4.69, 9.17) is 0 Å². The summed E-state index contributed by atoms with van der Waals surface area (Å²) in [5.74, 6) is 1.70. The monoisotopic (exact) mass is 244 g/mol. The zero-order chi connectivity index (χ0) is 12.5. The molecule has 96 valence electrons. The van der Waals surface area contributed by atoms with E-state index in [1.165, 1.54) is 23.8 Å². The molecular weight excluding hydrogens is 224 g/mol. The lowest BCUT2D eigenvalue weighted by Gasteiger charge is -2.22. The molecule has 1 fully saturated rings. The Morgan fingerprint density at radius 2 is 2.06 bits per heavy atom. The Balaban J connectivity index is 2.03. The number of fused-ring (bicyclic) bond motifs is 1. The van der Waals surface area contributed by atoms with Gasteiger partial charge >= 0.3 is 0 Å². The molecule has 0 radical (unpaired) electrons. The van der Waals surface area contributed by atoms with E-state index >= 15 is 0 Å². The van der Waals surface area contributed by atoms with E-state index in [1.807, 2.05) is 20.3 Å². The minimum atomic E-state index is 0.678. The van der Waals surface area contributed by atoms with Gasteiger partial charge in [0.2, 0.25) is 0 Å². The van der Waals surface area contributed by atoms with Crippen LogP contribution >= 0.6 is 0 Å². The number of rotatable bonds is 2. The van der Waals surface area contributed by atoms with Crippen molar-refractivity contribution < 1.29 is 0 Å². The lowest BCUT2D eigenvalue weighted by molar-refractivity contribution is 0.462. The molecule has 2 aromatic rings. The third-order valence-corrected chi connectivity index (χ3v) is 3.82. The quantitative estimate of drug-likeness (QED) is 0.850. The average molecular weight is 244 g/mol. The van der Waals surface area contributed by atoms with Crippen LogP contribution in [-0.2, 0) is 0 Å². The van der Waals surface area contributed by atoms with Gasteiger partial charge in [0.15, 0.2) is 0 Å². The van der Waals surface area contributed by atoms with Crippen molar-refractivity contribution in [2.24, 2.45) is 0 Å². The summed E-state index contributed by atoms with van der Waals surface area (Å²) >= 11 is 0. The number of aromatic nitrogens is 2. The predicted octanol–water partition coefficient (Wildman–Crippen LogP) is 2.10. The fraction of sp³-hybridized carbons (Fsp3) is 0.500. The van der Waals surface area contributed by atoms with Crippen molar-refractivity contribution in [3.63, 3.8) is 0 Å². The fourth-order valence-corrected chi connectivity index (χ4v) is 2.75. The average Bonchev–Trinajstić information content (AvgIpc) is 2.82. The molecule has 4 nitrogen and oxygen atoms in total. The highest BCUT2D eigenvalue weighted by Gasteiger charge is 2.18. The lowest BCUT2D eigenvalue weighted by Crippen LogP contribution is -2.26. The van der Waals surface area contributed by atoms with Crippen molar-refractivity contribution in [1.29, 1.82) is 0 Å². The number of piperidine rings is 1. The molecule has 0 unspecified atom stereocenters. The van der Waals surface area contributed by atoms with Gasteiger partial charge in [-0.3, -0.25) is 0 Å². The smallest absolute Gasteiger partial charge is 0.128 e. The highest BCUT2D eigenvalue weighted by Crippen LogP contribution is 2.32. The summed E-state index contributed by atoms with van der Waals surface area (Å²) in [5, 5.41) is 4.76. The summed E-state index contributed by atoms with van der Waals surface area (Å²) in [4.78, 5) is 9.85. The van der Waals surface area contributed by atoms with Crippen LogP contribution in [0.4, 0.5) is 5.82 Å². The molecule has 0 aromatic carbocycles. The Hall–Kier alpha value is -1.55. The van der Waals surface area contributed by atoms with E-state index in [9.17, 15) is 0 Å². The van der Waals surface area contributed by atoms with Gasteiger partial charge < -0.3 is 15.2 Å². The molecule has 0 atom stereocenters. The van der Waals surface area contributed by atoms with E-state index in [1.54, 1.807) is 0 Å². The zero-order valence-electron chi connectivity index (χ0n) is 11.0. The summed E-state index contributed by atoms with van der Waals surface area (Å²) in [7, 11) is 4.07. The van der Waals surface area contributed by atoms with Gasteiger partial charge in [0.25, 0.3) is 0 Å². The van der Waals surface area contributed by atoms with E-state index in [-0.39, 0.29) is 0 Å². The normalized spacial score (nSPS) is 17.2. The maximum absolute atomic E-state index is 4.45. The zero-order valence-corrected chi connectivity index (χ0v) is 11.0. The number of H-pyrrole nitrogens is 1. The Labute approximate surface area is 107 Å². The maximum atomic E-state index is 4.45. The molecule has 1 aliphatic heterocycles. The molecule has 2 aromatic heterocycles. The summed E-state index contributed by atoms with van der Waals surface area (Å²) in [5.41, 5.74) is 2.60. The van der Waals surface area contributed by atoms with Gasteiger partial charge in [-0.2, -0.15) is 0 Å². The highest BCUT2D eigenvalue weighted by atomic mass is 15.1. The van der Waals surface area contributed by atoms with Crippen molar-refractivity contribution in [1.82, 2.24) is 15.3 Å². The summed E-state index contributed by atoms with van der Waals surface area (Å²) < 4.78 is 0. The van der Waals surface area contributed by atoms with Crippen LogP contribution in [0.3, 0.4) is 0 Å². The van der Waals surface area contributed by atoms with Crippen molar-refractivity contribution in [2.45, 2.75) is 18.8 Å². The van der Waals surface area contributed by atoms with Crippen molar-refractivity contribution in [3.05, 3.63) is 24.0 Å². The second kappa shape index (κ2) is 4.61. The molecule has 0 amide bonds. The van der Waals surface area contributed by atoms with Gasteiger partial charge in [0.1, 0.15) is 5.82 Å². The number of aromatic amines is 1. The molecule has 3 rings (SSSR count). The molecule has 2 N–H and O–H groups in total. The van der Waals surface area contributed by atoms with Gasteiger partial charge in [0.05, 0.1) is 11.7 Å². The van der Waals surface area contributed by atoms with Gasteiger partial charge in [0, 0.05) is 25.7 Å². The third kappa shape index (κ3) is 1.97. The topological polar surface area (TPSA) is 44.0 Å². The number of anilines is 1. The standard InChI is InChI=1S/C14H20N4/c1-18(2)14-7-11-12(8-16-13(11)9-17-14)10-3-5-15-6-4-10/h7-10,15-16H,3-6H2,1-2H3. The van der Waals surface area contributed by atoms with Gasteiger partial charge in [-0.25, -0.2) is 4.98 Å². The SMILES string of the molecule is CN(C)c1cc2c(C3CCNCC3)c[nH]c2cn1. The maximum Gasteiger partial charge on any atom is 0.128 e. The molecule has 1 aliphatic rings. The summed E-state index contributed by atoms with van der Waals surface area (Å²) in [6, 6.07) is 2.20. The van der Waals surface area contributed by atoms with Gasteiger partial charge in [-0.15, -0.1) is 0 Å². The van der Waals surface area contributed by atoms with Crippen LogP contribution < -0.4 is 10.2 Å². The number of nitrogens with one attached hydrogen (secondary N) is 2. The number of nitrogens with zero attached hydrogens (tertiary/aromatic N) is 2. The minimum Gasteiger partial charge on any atom is -0.363 e. The Morgan fingerprint density at radius 1 is 1.28 bits per heavy atom. The minimum absolute atomic E-state index is 0.678. The van der Waals surface area contributed by atoms with Crippen LogP contribution in [0.15, 0.2) is 18.5 Å². The second-order valence-electron chi connectivity index (χ2n) is 5.25. The van der Waals surface area contributed by atoms with Crippen LogP contribution in [0.1, 0.15) is 24.3 Å². The first-order valence-electron chi connectivity index (χ1n) is 6.61. The molecule has 0 aliphatic carbocycles. The van der Waals surface area contributed by atoms with Gasteiger partial charge in [-0.1, -0.05) is 0 Å². The first-order valence-corrected chi connectivity index (χ1v) is 6.61. The second-order valence-corrected chi connectivity index (χ2v) is 5.25. The lowest BCUT2D eigenvalue weighted by atomic mass is 9.90. The van der Waals surface area contributed by atoms with Crippen molar-refractivity contribution in [3.8, 4) is 0 Å². The Morgan fingerprint density at radius 3 is 2.78 bits per heavy atom. The first kappa shape index (κ1) is 11.5. The van der Waals surface area contributed by atoms with Crippen LogP contribution in [-0.4, -0.2) is 37.2 Å². The Bertz CT molecular complexity index is 538. The van der Waals surface area contributed by atoms with E-state index in [0.29, 0.717) is 5.92 Å². The van der Waals surface area contributed by atoms with Crippen LogP contribution in [0, 0.1) is 0 Å². The van der Waals surface area contributed by atoms with Crippen LogP contribution in [0.5, 0.6) is 0 Å². The van der Waals surface area contributed by atoms with Crippen LogP contribution in [0.2, 0.25) is 0 Å². The molecule has 3 heterocycles. The van der Waals surface area contributed by atoms with E-state index in [2.05, 4.69) is 32.4 Å². The Kier molecular flexibility index (Phi) is 2.96. The van der Waals surface area contributed by atoms with E-state index in [0.717, 1.165) is 24.4 Å². The molecule has 0 saturated carbocycles. The highest BCUT2D eigenvalue weighted by molar-refractivity contribution is 5.85. The van der Waals surface area contributed by atoms with Crippen LogP contribution in [0.25, 0.3) is 10.9 Å². The fourth-order valence-electron chi connectivity index (χ4n) is 2.75. The number of hydrogen-bond acceptors (Lipinski definition) is 3. The number of pyridine rings is 1.